The number of benzene rings is 1. The average molecular weight is 250 g/mol. The van der Waals surface area contributed by atoms with E-state index in [9.17, 15) is 0 Å². The van der Waals surface area contributed by atoms with Gasteiger partial charge in [-0.05, 0) is 36.8 Å². The molecule has 0 spiro atoms. The molecule has 5 heteroatoms. The maximum Gasteiger partial charge on any atom is 0.186 e. The van der Waals surface area contributed by atoms with E-state index in [2.05, 4.69) is 20.7 Å². The lowest BCUT2D eigenvalue weighted by molar-refractivity contribution is 0.904. The molecule has 2 N–H and O–H groups in total. The van der Waals surface area contributed by atoms with E-state index in [4.69, 9.17) is 12.2 Å². The van der Waals surface area contributed by atoms with Crippen LogP contribution in [0.3, 0.4) is 0 Å². The van der Waals surface area contributed by atoms with Crippen LogP contribution in [0.25, 0.3) is 0 Å². The number of hydrogen-bond acceptors (Lipinski definition) is 3. The van der Waals surface area contributed by atoms with Gasteiger partial charge in [-0.15, -0.1) is 0 Å². The van der Waals surface area contributed by atoms with E-state index < -0.39 is 0 Å². The first kappa shape index (κ1) is 13.4. The van der Waals surface area contributed by atoms with E-state index in [0.29, 0.717) is 5.11 Å². The SMILES string of the molecule is CCNC(=S)N/N=C/c1ccc(N(C)C)cc1. The number of anilines is 1. The molecule has 17 heavy (non-hydrogen) atoms. The quantitative estimate of drug-likeness (QED) is 0.483. The molecule has 0 aromatic heterocycles. The molecule has 0 aliphatic heterocycles. The molecular weight excluding hydrogens is 232 g/mol. The summed E-state index contributed by atoms with van der Waals surface area (Å²) in [5.41, 5.74) is 4.94. The van der Waals surface area contributed by atoms with Crippen molar-refractivity contribution in [3.05, 3.63) is 29.8 Å². The summed E-state index contributed by atoms with van der Waals surface area (Å²) in [5, 5.41) is 7.53. The van der Waals surface area contributed by atoms with Crippen LogP contribution in [0.5, 0.6) is 0 Å². The maximum absolute atomic E-state index is 4.98. The number of thiocarbonyl (C=S) groups is 1. The van der Waals surface area contributed by atoms with Crippen molar-refractivity contribution in [2.45, 2.75) is 6.92 Å². The summed E-state index contributed by atoms with van der Waals surface area (Å²) < 4.78 is 0. The fourth-order valence-corrected chi connectivity index (χ4v) is 1.42. The molecule has 1 aromatic carbocycles. The smallest absolute Gasteiger partial charge is 0.186 e. The summed E-state index contributed by atoms with van der Waals surface area (Å²) in [7, 11) is 4.03. The molecule has 1 aromatic rings. The minimum atomic E-state index is 0.536. The highest BCUT2D eigenvalue weighted by molar-refractivity contribution is 7.80. The second-order valence-corrected chi connectivity index (χ2v) is 4.12. The van der Waals surface area contributed by atoms with Crippen molar-refractivity contribution >= 4 is 29.2 Å². The Bertz CT molecular complexity index is 384. The molecule has 0 fully saturated rings. The normalized spacial score (nSPS) is 10.3. The first-order valence-electron chi connectivity index (χ1n) is 5.47. The van der Waals surface area contributed by atoms with Crippen LogP contribution in [-0.4, -0.2) is 32.0 Å². The molecule has 4 nitrogen and oxygen atoms in total. The van der Waals surface area contributed by atoms with E-state index in [1.165, 1.54) is 5.69 Å². The summed E-state index contributed by atoms with van der Waals surface area (Å²) >= 11 is 4.98. The second kappa shape index (κ2) is 6.85. The Labute approximate surface area is 108 Å². The van der Waals surface area contributed by atoms with Gasteiger partial charge in [0.2, 0.25) is 0 Å². The third-order valence-electron chi connectivity index (χ3n) is 2.13. The highest BCUT2D eigenvalue weighted by atomic mass is 32.1. The lowest BCUT2D eigenvalue weighted by Gasteiger charge is -2.11. The Morgan fingerprint density at radius 1 is 1.35 bits per heavy atom. The van der Waals surface area contributed by atoms with E-state index in [0.717, 1.165) is 12.1 Å². The van der Waals surface area contributed by atoms with Gasteiger partial charge in [0.1, 0.15) is 0 Å². The molecule has 0 saturated carbocycles. The van der Waals surface area contributed by atoms with Gasteiger partial charge < -0.3 is 10.2 Å². The Morgan fingerprint density at radius 3 is 2.53 bits per heavy atom. The van der Waals surface area contributed by atoms with E-state index in [1.54, 1.807) is 6.21 Å². The van der Waals surface area contributed by atoms with Crippen molar-refractivity contribution in [2.24, 2.45) is 5.10 Å². The van der Waals surface area contributed by atoms with Crippen molar-refractivity contribution in [3.8, 4) is 0 Å². The lowest BCUT2D eigenvalue weighted by Crippen LogP contribution is -2.31. The van der Waals surface area contributed by atoms with Gasteiger partial charge in [0.15, 0.2) is 5.11 Å². The summed E-state index contributed by atoms with van der Waals surface area (Å²) in [6.45, 7) is 2.77. The molecule has 1 rings (SSSR count). The Balaban J connectivity index is 2.51. The van der Waals surface area contributed by atoms with Crippen molar-refractivity contribution in [1.82, 2.24) is 10.7 Å². The highest BCUT2D eigenvalue weighted by Gasteiger charge is 1.94. The third-order valence-corrected chi connectivity index (χ3v) is 2.36. The number of hydrazone groups is 1. The van der Waals surface area contributed by atoms with Crippen LogP contribution in [0.2, 0.25) is 0 Å². The minimum absolute atomic E-state index is 0.536. The topological polar surface area (TPSA) is 39.7 Å². The molecule has 92 valence electrons. The lowest BCUT2D eigenvalue weighted by atomic mass is 10.2. The van der Waals surface area contributed by atoms with E-state index in [-0.39, 0.29) is 0 Å². The number of nitrogens with one attached hydrogen (secondary N) is 2. The van der Waals surface area contributed by atoms with Crippen molar-refractivity contribution in [3.63, 3.8) is 0 Å². The zero-order valence-electron chi connectivity index (χ0n) is 10.4. The number of nitrogens with zero attached hydrogens (tertiary/aromatic N) is 2. The fourth-order valence-electron chi connectivity index (χ4n) is 1.22. The van der Waals surface area contributed by atoms with Crippen LogP contribution >= 0.6 is 12.2 Å². The maximum atomic E-state index is 4.98. The van der Waals surface area contributed by atoms with Crippen LogP contribution in [0.15, 0.2) is 29.4 Å². The predicted octanol–water partition coefficient (Wildman–Crippen LogP) is 1.57. The van der Waals surface area contributed by atoms with Gasteiger partial charge in [0, 0.05) is 26.3 Å². The molecule has 0 radical (unpaired) electrons. The first-order chi connectivity index (χ1) is 8.13. The average Bonchev–Trinajstić information content (AvgIpc) is 2.30. The zero-order valence-corrected chi connectivity index (χ0v) is 11.2. The zero-order chi connectivity index (χ0) is 12.7. The predicted molar refractivity (Wildman–Crippen MR) is 77.8 cm³/mol. The Kier molecular flexibility index (Phi) is 5.42. The monoisotopic (exact) mass is 250 g/mol. The minimum Gasteiger partial charge on any atom is -0.378 e. The standard InChI is InChI=1S/C12H18N4S/c1-4-13-12(17)15-14-9-10-5-7-11(8-6-10)16(2)3/h5-9H,4H2,1-3H3,(H2,13,15,17)/b14-9+. The molecule has 0 saturated heterocycles. The molecule has 0 aliphatic carbocycles. The van der Waals surface area contributed by atoms with Crippen LogP contribution in [-0.2, 0) is 0 Å². The number of hydrogen-bond donors (Lipinski definition) is 2. The number of rotatable bonds is 4. The summed E-state index contributed by atoms with van der Waals surface area (Å²) in [6.07, 6.45) is 1.74. The van der Waals surface area contributed by atoms with Crippen LogP contribution < -0.4 is 15.6 Å². The van der Waals surface area contributed by atoms with Crippen molar-refractivity contribution in [2.75, 3.05) is 25.5 Å². The molecular formula is C12H18N4S. The van der Waals surface area contributed by atoms with E-state index in [1.807, 2.05) is 45.3 Å². The highest BCUT2D eigenvalue weighted by Crippen LogP contribution is 2.10. The molecule has 0 atom stereocenters. The van der Waals surface area contributed by atoms with Gasteiger partial charge in [-0.25, -0.2) is 0 Å². The summed E-state index contributed by atoms with van der Waals surface area (Å²) in [6, 6.07) is 8.11. The molecule has 0 bridgehead atoms. The van der Waals surface area contributed by atoms with Crippen LogP contribution in [0.4, 0.5) is 5.69 Å². The van der Waals surface area contributed by atoms with Gasteiger partial charge in [-0.2, -0.15) is 5.10 Å². The van der Waals surface area contributed by atoms with Gasteiger partial charge in [0.05, 0.1) is 6.21 Å². The largest absolute Gasteiger partial charge is 0.378 e. The van der Waals surface area contributed by atoms with Crippen LogP contribution in [0, 0.1) is 0 Å². The van der Waals surface area contributed by atoms with E-state index >= 15 is 0 Å². The van der Waals surface area contributed by atoms with Gasteiger partial charge in [0.25, 0.3) is 0 Å². The Hall–Kier alpha value is -1.62. The van der Waals surface area contributed by atoms with Gasteiger partial charge >= 0.3 is 0 Å². The van der Waals surface area contributed by atoms with Crippen molar-refractivity contribution in [1.29, 1.82) is 0 Å². The molecule has 0 heterocycles. The fraction of sp³-hybridized carbons (Fsp3) is 0.333. The summed E-state index contributed by atoms with van der Waals surface area (Å²) in [4.78, 5) is 2.06. The van der Waals surface area contributed by atoms with Crippen molar-refractivity contribution < 1.29 is 0 Å². The summed E-state index contributed by atoms with van der Waals surface area (Å²) in [5.74, 6) is 0. The Morgan fingerprint density at radius 2 is 2.00 bits per heavy atom. The van der Waals surface area contributed by atoms with Gasteiger partial charge in [-0.1, -0.05) is 12.1 Å². The molecule has 0 aliphatic rings. The first-order valence-corrected chi connectivity index (χ1v) is 5.88. The van der Waals surface area contributed by atoms with Gasteiger partial charge in [-0.3, -0.25) is 5.43 Å². The third kappa shape index (κ3) is 4.82. The molecule has 0 amide bonds. The second-order valence-electron chi connectivity index (χ2n) is 3.72. The van der Waals surface area contributed by atoms with Crippen LogP contribution in [0.1, 0.15) is 12.5 Å². The molecule has 0 unspecified atom stereocenters.